The first-order valence-electron chi connectivity index (χ1n) is 6.88. The van der Waals surface area contributed by atoms with Gasteiger partial charge >= 0.3 is 0 Å². The Kier molecular flexibility index (Phi) is 6.03. The second-order valence-electron chi connectivity index (χ2n) is 5.40. The van der Waals surface area contributed by atoms with Crippen molar-refractivity contribution in [1.82, 2.24) is 5.32 Å². The van der Waals surface area contributed by atoms with E-state index in [1.807, 2.05) is 12.1 Å². The fourth-order valence-corrected chi connectivity index (χ4v) is 2.11. The first-order valence-corrected chi connectivity index (χ1v) is 6.88. The molecule has 0 saturated carbocycles. The number of methoxy groups -OCH3 is 1. The van der Waals surface area contributed by atoms with E-state index in [4.69, 9.17) is 4.74 Å². The lowest BCUT2D eigenvalue weighted by molar-refractivity contribution is 0.0937. The summed E-state index contributed by atoms with van der Waals surface area (Å²) in [6.07, 6.45) is 0. The van der Waals surface area contributed by atoms with Gasteiger partial charge in [0, 0.05) is 19.2 Å². The molecule has 0 heterocycles. The van der Waals surface area contributed by atoms with Crippen LogP contribution in [0.4, 0.5) is 0 Å². The molecule has 1 N–H and O–H groups in total. The summed E-state index contributed by atoms with van der Waals surface area (Å²) in [6, 6.07) is 6.00. The third-order valence-corrected chi connectivity index (χ3v) is 3.18. The van der Waals surface area contributed by atoms with Crippen molar-refractivity contribution >= 4 is 5.91 Å². The lowest BCUT2D eigenvalue weighted by Crippen LogP contribution is -2.27. The molecule has 3 nitrogen and oxygen atoms in total. The van der Waals surface area contributed by atoms with E-state index in [1.54, 1.807) is 7.11 Å². The predicted molar refractivity (Wildman–Crippen MR) is 78.8 cm³/mol. The maximum absolute atomic E-state index is 12.0. The second kappa shape index (κ2) is 7.29. The molecule has 0 fully saturated rings. The van der Waals surface area contributed by atoms with Gasteiger partial charge in [-0.25, -0.2) is 0 Å². The van der Waals surface area contributed by atoms with Crippen LogP contribution < -0.4 is 5.32 Å². The Morgan fingerprint density at radius 1 is 1.16 bits per heavy atom. The Labute approximate surface area is 116 Å². The number of rotatable bonds is 6. The lowest BCUT2D eigenvalue weighted by Gasteiger charge is -2.17. The van der Waals surface area contributed by atoms with E-state index in [9.17, 15) is 4.79 Å². The van der Waals surface area contributed by atoms with Crippen LogP contribution in [-0.2, 0) is 4.74 Å². The molecule has 0 bridgehead atoms. The molecule has 0 atom stereocenters. The SMILES string of the molecule is COCCNC(=O)c1ccc(C(C)C)c(C(C)C)c1. The summed E-state index contributed by atoms with van der Waals surface area (Å²) >= 11 is 0. The maximum Gasteiger partial charge on any atom is 0.251 e. The number of carbonyl (C=O) groups is 1. The topological polar surface area (TPSA) is 38.3 Å². The number of hydrogen-bond acceptors (Lipinski definition) is 2. The quantitative estimate of drug-likeness (QED) is 0.800. The molecule has 0 saturated heterocycles. The summed E-state index contributed by atoms with van der Waals surface area (Å²) in [6.45, 7) is 9.76. The molecular formula is C16H25NO2. The molecule has 1 rings (SSSR count). The van der Waals surface area contributed by atoms with Gasteiger partial charge in [0.05, 0.1) is 6.61 Å². The Morgan fingerprint density at radius 3 is 2.32 bits per heavy atom. The molecule has 0 radical (unpaired) electrons. The van der Waals surface area contributed by atoms with Gasteiger partial charge in [-0.1, -0.05) is 33.8 Å². The van der Waals surface area contributed by atoms with Crippen LogP contribution in [0.1, 0.15) is 61.0 Å². The van der Waals surface area contributed by atoms with Gasteiger partial charge in [-0.2, -0.15) is 0 Å². The van der Waals surface area contributed by atoms with Gasteiger partial charge in [-0.05, 0) is 35.1 Å². The fraction of sp³-hybridized carbons (Fsp3) is 0.562. The summed E-state index contributed by atoms with van der Waals surface area (Å²) in [4.78, 5) is 12.0. The first-order chi connectivity index (χ1) is 8.97. The Hall–Kier alpha value is -1.35. The van der Waals surface area contributed by atoms with Gasteiger partial charge in [0.25, 0.3) is 5.91 Å². The average molecular weight is 263 g/mol. The Balaban J connectivity index is 2.92. The van der Waals surface area contributed by atoms with E-state index in [1.165, 1.54) is 11.1 Å². The number of amides is 1. The van der Waals surface area contributed by atoms with Crippen LogP contribution in [0, 0.1) is 0 Å². The summed E-state index contributed by atoms with van der Waals surface area (Å²) < 4.78 is 4.93. The molecule has 0 spiro atoms. The minimum absolute atomic E-state index is 0.0331. The van der Waals surface area contributed by atoms with E-state index in [-0.39, 0.29) is 5.91 Å². The molecular weight excluding hydrogens is 238 g/mol. The van der Waals surface area contributed by atoms with Gasteiger partial charge in [-0.15, -0.1) is 0 Å². The van der Waals surface area contributed by atoms with Crippen molar-refractivity contribution in [3.63, 3.8) is 0 Å². The van der Waals surface area contributed by atoms with E-state index in [2.05, 4.69) is 39.1 Å². The molecule has 1 aromatic carbocycles. The minimum atomic E-state index is -0.0331. The second-order valence-corrected chi connectivity index (χ2v) is 5.40. The summed E-state index contributed by atoms with van der Waals surface area (Å²) in [5.41, 5.74) is 3.31. The number of nitrogens with one attached hydrogen (secondary N) is 1. The highest BCUT2D eigenvalue weighted by Gasteiger charge is 2.13. The van der Waals surface area contributed by atoms with Crippen molar-refractivity contribution in [2.24, 2.45) is 0 Å². The number of hydrogen-bond donors (Lipinski definition) is 1. The zero-order valence-electron chi connectivity index (χ0n) is 12.6. The molecule has 1 amide bonds. The molecule has 0 aromatic heterocycles. The van der Waals surface area contributed by atoms with Crippen LogP contribution in [-0.4, -0.2) is 26.2 Å². The lowest BCUT2D eigenvalue weighted by atomic mass is 9.89. The molecule has 1 aromatic rings. The minimum Gasteiger partial charge on any atom is -0.383 e. The Bertz CT molecular complexity index is 425. The zero-order valence-corrected chi connectivity index (χ0v) is 12.6. The van der Waals surface area contributed by atoms with Crippen molar-refractivity contribution in [1.29, 1.82) is 0 Å². The third-order valence-electron chi connectivity index (χ3n) is 3.18. The molecule has 19 heavy (non-hydrogen) atoms. The monoisotopic (exact) mass is 263 g/mol. The molecule has 0 aliphatic carbocycles. The van der Waals surface area contributed by atoms with Crippen LogP contribution >= 0.6 is 0 Å². The maximum atomic E-state index is 12.0. The Morgan fingerprint density at radius 2 is 1.79 bits per heavy atom. The van der Waals surface area contributed by atoms with Crippen molar-refractivity contribution in [3.8, 4) is 0 Å². The third kappa shape index (κ3) is 4.35. The van der Waals surface area contributed by atoms with Gasteiger partial charge in [-0.3, -0.25) is 4.79 Å². The average Bonchev–Trinajstić information content (AvgIpc) is 2.38. The normalized spacial score (nSPS) is 11.1. The summed E-state index contributed by atoms with van der Waals surface area (Å²) in [5.74, 6) is 0.862. The number of benzene rings is 1. The summed E-state index contributed by atoms with van der Waals surface area (Å²) in [5, 5.41) is 2.85. The smallest absolute Gasteiger partial charge is 0.251 e. The van der Waals surface area contributed by atoms with Gasteiger partial charge in [0.2, 0.25) is 0 Å². The fourth-order valence-electron chi connectivity index (χ4n) is 2.11. The molecule has 0 unspecified atom stereocenters. The number of carbonyl (C=O) groups excluding carboxylic acids is 1. The van der Waals surface area contributed by atoms with E-state index < -0.39 is 0 Å². The van der Waals surface area contributed by atoms with Gasteiger partial charge in [0.1, 0.15) is 0 Å². The molecule has 0 aliphatic heterocycles. The van der Waals surface area contributed by atoms with E-state index in [0.29, 0.717) is 25.0 Å². The largest absolute Gasteiger partial charge is 0.383 e. The van der Waals surface area contributed by atoms with Gasteiger partial charge < -0.3 is 10.1 Å². The zero-order chi connectivity index (χ0) is 14.4. The highest BCUT2D eigenvalue weighted by molar-refractivity contribution is 5.94. The van der Waals surface area contributed by atoms with Crippen LogP contribution in [0.5, 0.6) is 0 Å². The standard InChI is InChI=1S/C16H25NO2/c1-11(2)14-7-6-13(10-15(14)12(3)4)16(18)17-8-9-19-5/h6-7,10-12H,8-9H2,1-5H3,(H,17,18). The first kappa shape index (κ1) is 15.7. The molecule has 0 aliphatic rings. The van der Waals surface area contributed by atoms with Crippen molar-refractivity contribution < 1.29 is 9.53 Å². The van der Waals surface area contributed by atoms with Crippen molar-refractivity contribution in [2.75, 3.05) is 20.3 Å². The van der Waals surface area contributed by atoms with E-state index >= 15 is 0 Å². The highest BCUT2D eigenvalue weighted by atomic mass is 16.5. The van der Waals surface area contributed by atoms with Crippen LogP contribution in [0.3, 0.4) is 0 Å². The van der Waals surface area contributed by atoms with Crippen LogP contribution in [0.2, 0.25) is 0 Å². The van der Waals surface area contributed by atoms with Crippen LogP contribution in [0.25, 0.3) is 0 Å². The van der Waals surface area contributed by atoms with Crippen molar-refractivity contribution in [2.45, 2.75) is 39.5 Å². The molecule has 3 heteroatoms. The van der Waals surface area contributed by atoms with Crippen LogP contribution in [0.15, 0.2) is 18.2 Å². The van der Waals surface area contributed by atoms with Crippen molar-refractivity contribution in [3.05, 3.63) is 34.9 Å². The van der Waals surface area contributed by atoms with Gasteiger partial charge in [0.15, 0.2) is 0 Å². The molecule has 106 valence electrons. The van der Waals surface area contributed by atoms with E-state index in [0.717, 1.165) is 5.56 Å². The number of ether oxygens (including phenoxy) is 1. The summed E-state index contributed by atoms with van der Waals surface area (Å²) in [7, 11) is 1.63. The highest BCUT2D eigenvalue weighted by Crippen LogP contribution is 2.27. The predicted octanol–water partition coefficient (Wildman–Crippen LogP) is 3.31.